The molecule has 88 valence electrons. The Hall–Kier alpha value is -1.49. The highest BCUT2D eigenvalue weighted by molar-refractivity contribution is 5.71. The maximum atomic E-state index is 12.7. The molecule has 0 fully saturated rings. The smallest absolute Gasteiger partial charge is 0.309 e. The van der Waals surface area contributed by atoms with Gasteiger partial charge >= 0.3 is 5.97 Å². The molecule has 2 N–H and O–H groups in total. The lowest BCUT2D eigenvalue weighted by Gasteiger charge is -2.28. The first-order chi connectivity index (χ1) is 7.39. The molecular formula is C11H14FNO3. The summed E-state index contributed by atoms with van der Waals surface area (Å²) in [5.41, 5.74) is -1.45. The van der Waals surface area contributed by atoms with Gasteiger partial charge in [0.25, 0.3) is 0 Å². The third kappa shape index (κ3) is 2.36. The van der Waals surface area contributed by atoms with Crippen molar-refractivity contribution in [3.63, 3.8) is 0 Å². The molecule has 0 bridgehead atoms. The van der Waals surface area contributed by atoms with Gasteiger partial charge in [-0.1, -0.05) is 6.92 Å². The minimum Gasteiger partial charge on any atom is -0.481 e. The van der Waals surface area contributed by atoms with E-state index >= 15 is 0 Å². The first-order valence-electron chi connectivity index (χ1n) is 4.96. The second-order valence-electron chi connectivity index (χ2n) is 3.81. The second-order valence-corrected chi connectivity index (χ2v) is 3.81. The van der Waals surface area contributed by atoms with Crippen molar-refractivity contribution in [3.8, 4) is 0 Å². The lowest BCUT2D eigenvalue weighted by molar-refractivity contribution is -0.152. The fourth-order valence-electron chi connectivity index (χ4n) is 1.67. The molecule has 16 heavy (non-hydrogen) atoms. The van der Waals surface area contributed by atoms with Crippen molar-refractivity contribution >= 4 is 5.97 Å². The van der Waals surface area contributed by atoms with Gasteiger partial charge in [-0.05, 0) is 25.5 Å². The number of aromatic nitrogens is 1. The molecule has 2 unspecified atom stereocenters. The van der Waals surface area contributed by atoms with E-state index in [2.05, 4.69) is 4.98 Å². The van der Waals surface area contributed by atoms with Gasteiger partial charge in [0.1, 0.15) is 11.4 Å². The highest BCUT2D eigenvalue weighted by Crippen LogP contribution is 2.30. The largest absolute Gasteiger partial charge is 0.481 e. The second kappa shape index (κ2) is 4.57. The van der Waals surface area contributed by atoms with Gasteiger partial charge in [0.2, 0.25) is 0 Å². The summed E-state index contributed by atoms with van der Waals surface area (Å²) in [6.07, 6.45) is 1.22. The minimum atomic E-state index is -1.60. The Morgan fingerprint density at radius 1 is 1.62 bits per heavy atom. The quantitative estimate of drug-likeness (QED) is 0.818. The number of carboxylic acid groups (broad SMARTS) is 1. The maximum absolute atomic E-state index is 12.7. The zero-order valence-electron chi connectivity index (χ0n) is 9.14. The van der Waals surface area contributed by atoms with Crippen molar-refractivity contribution in [2.45, 2.75) is 25.9 Å². The average Bonchev–Trinajstić information content (AvgIpc) is 2.18. The topological polar surface area (TPSA) is 70.4 Å². The van der Waals surface area contributed by atoms with Crippen molar-refractivity contribution in [1.82, 2.24) is 4.98 Å². The number of nitrogens with zero attached hydrogens (tertiary/aromatic N) is 1. The Balaban J connectivity index is 3.08. The van der Waals surface area contributed by atoms with E-state index in [1.807, 2.05) is 0 Å². The lowest BCUT2D eigenvalue weighted by atomic mass is 9.84. The molecule has 0 saturated heterocycles. The lowest BCUT2D eigenvalue weighted by Crippen LogP contribution is -2.37. The molecule has 1 rings (SSSR count). The first-order valence-corrected chi connectivity index (χ1v) is 4.96. The van der Waals surface area contributed by atoms with Crippen LogP contribution in [-0.2, 0) is 10.4 Å². The van der Waals surface area contributed by atoms with Crippen LogP contribution in [0.5, 0.6) is 0 Å². The van der Waals surface area contributed by atoms with Crippen LogP contribution < -0.4 is 0 Å². The van der Waals surface area contributed by atoms with Gasteiger partial charge in [-0.15, -0.1) is 0 Å². The van der Waals surface area contributed by atoms with E-state index in [9.17, 15) is 14.3 Å². The van der Waals surface area contributed by atoms with E-state index in [4.69, 9.17) is 5.11 Å². The van der Waals surface area contributed by atoms with Crippen molar-refractivity contribution in [3.05, 3.63) is 29.8 Å². The van der Waals surface area contributed by atoms with Crippen LogP contribution in [0, 0.1) is 11.7 Å². The van der Waals surface area contributed by atoms with Gasteiger partial charge in [0, 0.05) is 0 Å². The normalized spacial score (nSPS) is 16.5. The van der Waals surface area contributed by atoms with Crippen LogP contribution in [-0.4, -0.2) is 21.2 Å². The van der Waals surface area contributed by atoms with Gasteiger partial charge in [-0.25, -0.2) is 4.39 Å². The fraction of sp³-hybridized carbons (Fsp3) is 0.455. The summed E-state index contributed by atoms with van der Waals surface area (Å²) in [4.78, 5) is 14.7. The predicted molar refractivity (Wildman–Crippen MR) is 55.2 cm³/mol. The van der Waals surface area contributed by atoms with Crippen LogP contribution in [0.3, 0.4) is 0 Å². The molecule has 0 spiro atoms. The van der Waals surface area contributed by atoms with E-state index in [0.29, 0.717) is 0 Å². The molecule has 1 heterocycles. The van der Waals surface area contributed by atoms with Crippen LogP contribution in [0.15, 0.2) is 18.3 Å². The maximum Gasteiger partial charge on any atom is 0.309 e. The molecule has 0 radical (unpaired) electrons. The van der Waals surface area contributed by atoms with Gasteiger partial charge in [0.05, 0.1) is 17.8 Å². The standard InChI is InChI=1S/C11H14FNO3/c1-3-8(10(14)15)11(2,16)9-5-4-7(12)6-13-9/h4-6,8,16H,3H2,1-2H3,(H,14,15). The summed E-state index contributed by atoms with van der Waals surface area (Å²) < 4.78 is 12.7. The van der Waals surface area contributed by atoms with E-state index < -0.39 is 23.3 Å². The Morgan fingerprint density at radius 2 is 2.25 bits per heavy atom. The first kappa shape index (κ1) is 12.6. The molecule has 0 amide bonds. The Bertz CT molecular complexity index is 375. The van der Waals surface area contributed by atoms with Crippen molar-refractivity contribution in [2.75, 3.05) is 0 Å². The molecular weight excluding hydrogens is 213 g/mol. The predicted octanol–water partition coefficient (Wildman–Crippen LogP) is 1.54. The zero-order chi connectivity index (χ0) is 12.3. The highest BCUT2D eigenvalue weighted by Gasteiger charge is 2.38. The molecule has 2 atom stereocenters. The summed E-state index contributed by atoms with van der Waals surface area (Å²) in [7, 11) is 0. The van der Waals surface area contributed by atoms with E-state index in [1.54, 1.807) is 6.92 Å². The number of rotatable bonds is 4. The molecule has 0 aliphatic rings. The summed E-state index contributed by atoms with van der Waals surface area (Å²) >= 11 is 0. The number of halogens is 1. The molecule has 0 saturated carbocycles. The molecule has 0 aliphatic heterocycles. The molecule has 1 aromatic heterocycles. The summed E-state index contributed by atoms with van der Waals surface area (Å²) in [6.45, 7) is 3.03. The third-order valence-electron chi connectivity index (χ3n) is 2.63. The number of carbonyl (C=O) groups is 1. The zero-order valence-corrected chi connectivity index (χ0v) is 9.14. The van der Waals surface area contributed by atoms with Crippen LogP contribution in [0.25, 0.3) is 0 Å². The molecule has 4 nitrogen and oxygen atoms in total. The number of hydrogen-bond acceptors (Lipinski definition) is 3. The third-order valence-corrected chi connectivity index (χ3v) is 2.63. The Kier molecular flexibility index (Phi) is 3.59. The Labute approximate surface area is 92.8 Å². The molecule has 0 aliphatic carbocycles. The number of aliphatic carboxylic acids is 1. The molecule has 0 aromatic carbocycles. The highest BCUT2D eigenvalue weighted by atomic mass is 19.1. The van der Waals surface area contributed by atoms with E-state index in [0.717, 1.165) is 12.3 Å². The van der Waals surface area contributed by atoms with Crippen molar-refractivity contribution in [2.24, 2.45) is 5.92 Å². The minimum absolute atomic E-state index is 0.156. The molecule has 5 heteroatoms. The SMILES string of the molecule is CCC(C(=O)O)C(C)(O)c1ccc(F)cn1. The van der Waals surface area contributed by atoms with Gasteiger partial charge in [0.15, 0.2) is 0 Å². The average molecular weight is 227 g/mol. The number of pyridine rings is 1. The van der Waals surface area contributed by atoms with E-state index in [1.165, 1.54) is 13.0 Å². The fourth-order valence-corrected chi connectivity index (χ4v) is 1.67. The van der Waals surface area contributed by atoms with Gasteiger partial charge in [-0.3, -0.25) is 9.78 Å². The number of aliphatic hydroxyl groups is 1. The van der Waals surface area contributed by atoms with Crippen LogP contribution in [0.1, 0.15) is 26.0 Å². The number of hydrogen-bond donors (Lipinski definition) is 2. The van der Waals surface area contributed by atoms with Crippen molar-refractivity contribution in [1.29, 1.82) is 0 Å². The summed E-state index contributed by atoms with van der Waals surface area (Å²) in [5, 5.41) is 19.1. The van der Waals surface area contributed by atoms with Crippen LogP contribution in [0.4, 0.5) is 4.39 Å². The molecule has 1 aromatic rings. The van der Waals surface area contributed by atoms with Crippen LogP contribution >= 0.6 is 0 Å². The van der Waals surface area contributed by atoms with Crippen molar-refractivity contribution < 1.29 is 19.4 Å². The van der Waals surface area contributed by atoms with Gasteiger partial charge in [-0.2, -0.15) is 0 Å². The number of carboxylic acids is 1. The summed E-state index contributed by atoms with van der Waals surface area (Å²) in [5.74, 6) is -2.59. The monoisotopic (exact) mass is 227 g/mol. The van der Waals surface area contributed by atoms with Crippen LogP contribution in [0.2, 0.25) is 0 Å². The van der Waals surface area contributed by atoms with E-state index in [-0.39, 0.29) is 12.1 Å². The Morgan fingerprint density at radius 3 is 2.62 bits per heavy atom. The van der Waals surface area contributed by atoms with Gasteiger partial charge < -0.3 is 10.2 Å². The summed E-state index contributed by atoms with van der Waals surface area (Å²) in [6, 6.07) is 2.44.